The summed E-state index contributed by atoms with van der Waals surface area (Å²) >= 11 is 0. The Bertz CT molecular complexity index is 1360. The van der Waals surface area contributed by atoms with Crippen LogP contribution in [0.4, 0.5) is 5.69 Å². The average Bonchev–Trinajstić information content (AvgIpc) is 3.27. The Balaban J connectivity index is 1.44. The van der Waals surface area contributed by atoms with Gasteiger partial charge < -0.3 is 15.2 Å². The van der Waals surface area contributed by atoms with Gasteiger partial charge in [0.15, 0.2) is 0 Å². The number of amides is 2. The summed E-state index contributed by atoms with van der Waals surface area (Å²) in [6.45, 7) is 5.42. The van der Waals surface area contributed by atoms with Crippen molar-refractivity contribution in [3.8, 4) is 11.4 Å². The Morgan fingerprint density at radius 3 is 2.33 bits per heavy atom. The zero-order valence-electron chi connectivity index (χ0n) is 21.0. The highest BCUT2D eigenvalue weighted by atomic mass is 32.2. The molecule has 1 heterocycles. The molecular weight excluding hydrogens is 478 g/mol. The quantitative estimate of drug-likeness (QED) is 0.444. The van der Waals surface area contributed by atoms with Crippen LogP contribution in [-0.4, -0.2) is 54.2 Å². The van der Waals surface area contributed by atoms with E-state index in [1.54, 1.807) is 35.2 Å². The summed E-state index contributed by atoms with van der Waals surface area (Å²) in [4.78, 5) is 33.5. The lowest BCUT2D eigenvalue weighted by molar-refractivity contribution is -0.136. The molecule has 1 aliphatic rings. The van der Waals surface area contributed by atoms with E-state index < -0.39 is 10.0 Å². The number of aromatic amines is 1. The molecule has 2 aromatic carbocycles. The van der Waals surface area contributed by atoms with Gasteiger partial charge in [0.2, 0.25) is 21.8 Å². The van der Waals surface area contributed by atoms with Crippen LogP contribution < -0.4 is 10.0 Å². The Hall–Kier alpha value is -3.24. The number of nitrogens with one attached hydrogen (secondary N) is 3. The normalized spacial score (nSPS) is 18.4. The van der Waals surface area contributed by atoms with Gasteiger partial charge in [-0.1, -0.05) is 0 Å². The minimum atomic E-state index is -3.72. The molecule has 4 rings (SSSR count). The lowest BCUT2D eigenvalue weighted by Gasteiger charge is -2.32. The molecule has 1 fully saturated rings. The van der Waals surface area contributed by atoms with Crippen LogP contribution in [0.1, 0.15) is 46.5 Å². The molecule has 0 bridgehead atoms. The van der Waals surface area contributed by atoms with Gasteiger partial charge in [-0.05, 0) is 82.0 Å². The second kappa shape index (κ2) is 10.4. The molecule has 0 atom stereocenters. The summed E-state index contributed by atoms with van der Waals surface area (Å²) < 4.78 is 29.0. The van der Waals surface area contributed by atoms with Crippen LogP contribution in [-0.2, 0) is 19.6 Å². The van der Waals surface area contributed by atoms with Crippen LogP contribution in [0.25, 0.3) is 22.4 Å². The number of rotatable bonds is 7. The maximum Gasteiger partial charge on any atom is 0.240 e. The van der Waals surface area contributed by atoms with Gasteiger partial charge in [-0.2, -0.15) is 0 Å². The number of fused-ring (bicyclic) bond motifs is 1. The minimum absolute atomic E-state index is 0.0507. The van der Waals surface area contributed by atoms with Crippen LogP contribution in [0.3, 0.4) is 0 Å². The average molecular weight is 512 g/mol. The van der Waals surface area contributed by atoms with Crippen molar-refractivity contribution < 1.29 is 18.0 Å². The molecule has 3 N–H and O–H groups in total. The number of nitrogens with zero attached hydrogens (tertiary/aromatic N) is 2. The van der Waals surface area contributed by atoms with Crippen molar-refractivity contribution in [2.75, 3.05) is 12.4 Å². The molecule has 1 aromatic heterocycles. The summed E-state index contributed by atoms with van der Waals surface area (Å²) in [6, 6.07) is 12.0. The molecule has 9 nitrogen and oxygen atoms in total. The van der Waals surface area contributed by atoms with Gasteiger partial charge >= 0.3 is 0 Å². The molecular formula is C26H33N5O4S. The van der Waals surface area contributed by atoms with Gasteiger partial charge in [0, 0.05) is 43.2 Å². The van der Waals surface area contributed by atoms with Crippen molar-refractivity contribution in [2.24, 2.45) is 5.92 Å². The number of benzene rings is 2. The second-order valence-corrected chi connectivity index (χ2v) is 11.4. The summed E-state index contributed by atoms with van der Waals surface area (Å²) in [5.74, 6) is 0.548. The van der Waals surface area contributed by atoms with E-state index in [0.29, 0.717) is 48.2 Å². The summed E-state index contributed by atoms with van der Waals surface area (Å²) in [5, 5.41) is 2.72. The van der Waals surface area contributed by atoms with E-state index in [9.17, 15) is 18.0 Å². The predicted octanol–water partition coefficient (Wildman–Crippen LogP) is 3.89. The van der Waals surface area contributed by atoms with Crippen molar-refractivity contribution in [2.45, 2.75) is 63.4 Å². The third kappa shape index (κ3) is 5.76. The molecule has 2 amide bonds. The fraction of sp³-hybridized carbons (Fsp3) is 0.423. The van der Waals surface area contributed by atoms with E-state index >= 15 is 0 Å². The predicted molar refractivity (Wildman–Crippen MR) is 140 cm³/mol. The molecule has 1 saturated carbocycles. The van der Waals surface area contributed by atoms with Crippen molar-refractivity contribution >= 4 is 38.6 Å². The molecule has 1 aliphatic carbocycles. The fourth-order valence-electron chi connectivity index (χ4n) is 4.50. The van der Waals surface area contributed by atoms with E-state index in [1.165, 1.54) is 6.92 Å². The van der Waals surface area contributed by atoms with E-state index in [1.807, 2.05) is 33.0 Å². The molecule has 0 saturated heterocycles. The third-order valence-electron chi connectivity index (χ3n) is 6.76. The molecule has 0 aliphatic heterocycles. The van der Waals surface area contributed by atoms with Gasteiger partial charge in [0.25, 0.3) is 0 Å². The summed E-state index contributed by atoms with van der Waals surface area (Å²) in [6.07, 6.45) is 2.61. The van der Waals surface area contributed by atoms with E-state index in [-0.39, 0.29) is 34.7 Å². The number of imidazole rings is 1. The number of anilines is 1. The number of hydrogen-bond donors (Lipinski definition) is 3. The zero-order valence-corrected chi connectivity index (χ0v) is 21.9. The Morgan fingerprint density at radius 2 is 1.72 bits per heavy atom. The number of aromatic nitrogens is 2. The number of carbonyl (C=O) groups excluding carboxylic acids is 2. The molecule has 0 unspecified atom stereocenters. The maximum atomic E-state index is 13.1. The van der Waals surface area contributed by atoms with Crippen molar-refractivity contribution in [3.63, 3.8) is 0 Å². The Kier molecular flexibility index (Phi) is 7.46. The van der Waals surface area contributed by atoms with Gasteiger partial charge in [0.05, 0.1) is 15.9 Å². The van der Waals surface area contributed by atoms with Crippen molar-refractivity contribution in [1.29, 1.82) is 0 Å². The van der Waals surface area contributed by atoms with Crippen LogP contribution in [0.5, 0.6) is 0 Å². The zero-order chi connectivity index (χ0) is 26.0. The van der Waals surface area contributed by atoms with Gasteiger partial charge in [0.1, 0.15) is 5.82 Å². The topological polar surface area (TPSA) is 124 Å². The first kappa shape index (κ1) is 25.8. The number of carbonyl (C=O) groups is 2. The van der Waals surface area contributed by atoms with E-state index in [0.717, 1.165) is 5.56 Å². The van der Waals surface area contributed by atoms with Gasteiger partial charge in [-0.3, -0.25) is 9.59 Å². The Labute approximate surface area is 211 Å². The van der Waals surface area contributed by atoms with E-state index in [2.05, 4.69) is 20.0 Å². The summed E-state index contributed by atoms with van der Waals surface area (Å²) in [7, 11) is -1.91. The number of H-pyrrole nitrogens is 1. The molecule has 0 radical (unpaired) electrons. The first-order valence-corrected chi connectivity index (χ1v) is 13.7. The SMILES string of the molecule is CC(=O)Nc1ccc(-c2nc3ccc(S(=O)(=O)NC4CCC(C(=O)N(C)C(C)C)CC4)cc3[nH]2)cc1. The van der Waals surface area contributed by atoms with Crippen LogP contribution in [0, 0.1) is 5.92 Å². The van der Waals surface area contributed by atoms with E-state index in [4.69, 9.17) is 0 Å². The highest BCUT2D eigenvalue weighted by molar-refractivity contribution is 7.89. The molecule has 36 heavy (non-hydrogen) atoms. The smallest absolute Gasteiger partial charge is 0.240 e. The number of sulfonamides is 1. The van der Waals surface area contributed by atoms with Gasteiger partial charge in [-0.25, -0.2) is 18.1 Å². The molecule has 0 spiro atoms. The largest absolute Gasteiger partial charge is 0.343 e. The lowest BCUT2D eigenvalue weighted by atomic mass is 9.85. The monoisotopic (exact) mass is 511 g/mol. The molecule has 10 heteroatoms. The highest BCUT2D eigenvalue weighted by Gasteiger charge is 2.31. The van der Waals surface area contributed by atoms with Crippen molar-refractivity contribution in [3.05, 3.63) is 42.5 Å². The van der Waals surface area contributed by atoms with Crippen LogP contribution >= 0.6 is 0 Å². The van der Waals surface area contributed by atoms with Crippen LogP contribution in [0.15, 0.2) is 47.4 Å². The highest BCUT2D eigenvalue weighted by Crippen LogP contribution is 2.28. The lowest BCUT2D eigenvalue weighted by Crippen LogP contribution is -2.42. The first-order chi connectivity index (χ1) is 17.0. The first-order valence-electron chi connectivity index (χ1n) is 12.2. The number of hydrogen-bond acceptors (Lipinski definition) is 5. The molecule has 192 valence electrons. The third-order valence-corrected chi connectivity index (χ3v) is 8.28. The second-order valence-electron chi connectivity index (χ2n) is 9.74. The van der Waals surface area contributed by atoms with Crippen molar-refractivity contribution in [1.82, 2.24) is 19.6 Å². The molecule has 3 aromatic rings. The fourth-order valence-corrected chi connectivity index (χ4v) is 5.83. The van der Waals surface area contributed by atoms with Gasteiger partial charge in [-0.15, -0.1) is 0 Å². The standard InChI is InChI=1S/C26H33N5O4S/c1-16(2)31(4)26(33)19-7-11-21(12-8-19)30-36(34,35)22-13-14-23-24(15-22)29-25(28-23)18-5-9-20(10-6-18)27-17(3)32/h5-6,9-10,13-16,19,21,30H,7-8,11-12H2,1-4H3,(H,27,32)(H,28,29). The summed E-state index contributed by atoms with van der Waals surface area (Å²) in [5.41, 5.74) is 2.78. The van der Waals surface area contributed by atoms with Crippen LogP contribution in [0.2, 0.25) is 0 Å². The maximum absolute atomic E-state index is 13.1. The minimum Gasteiger partial charge on any atom is -0.343 e. The Morgan fingerprint density at radius 1 is 1.06 bits per heavy atom.